The molecule has 0 saturated carbocycles. The first-order valence-corrected chi connectivity index (χ1v) is 7.79. The Bertz CT molecular complexity index is 844. The number of aldehydes is 1. The van der Waals surface area contributed by atoms with Crippen LogP contribution >= 0.6 is 0 Å². The van der Waals surface area contributed by atoms with Gasteiger partial charge in [0.25, 0.3) is 0 Å². The van der Waals surface area contributed by atoms with Gasteiger partial charge < -0.3 is 9.84 Å². The second-order valence-electron chi connectivity index (χ2n) is 6.78. The molecule has 0 saturated heterocycles. The van der Waals surface area contributed by atoms with Crippen molar-refractivity contribution in [3.05, 3.63) is 58.7 Å². The third-order valence-corrected chi connectivity index (χ3v) is 3.51. The van der Waals surface area contributed by atoms with Crippen LogP contribution in [0.25, 0.3) is 11.1 Å². The summed E-state index contributed by atoms with van der Waals surface area (Å²) >= 11 is 0. The number of benzene rings is 2. The molecular weight excluding hydrogens is 320 g/mol. The average Bonchev–Trinajstić information content (AvgIpc) is 2.52. The van der Waals surface area contributed by atoms with E-state index in [1.807, 2.05) is 0 Å². The summed E-state index contributed by atoms with van der Waals surface area (Å²) in [5.41, 5.74) is 1.53. The van der Waals surface area contributed by atoms with Crippen molar-refractivity contribution < 1.29 is 24.2 Å². The van der Waals surface area contributed by atoms with E-state index >= 15 is 0 Å². The monoisotopic (exact) mass is 340 g/mol. The standard InChI is InChI=1S/C20H20O5/c1-12-5-8-15(17(9-12)18(22)23)16-10-13(6-7-14(16)11-21)19(24)25-20(2,3)4/h5-11H,1-4H3,(H,22,23). The van der Waals surface area contributed by atoms with Crippen LogP contribution in [0.5, 0.6) is 0 Å². The van der Waals surface area contributed by atoms with Gasteiger partial charge in [0.15, 0.2) is 6.29 Å². The molecule has 0 aliphatic rings. The van der Waals surface area contributed by atoms with Crippen LogP contribution < -0.4 is 0 Å². The number of carboxylic acid groups (broad SMARTS) is 1. The molecule has 0 aliphatic carbocycles. The molecule has 0 amide bonds. The summed E-state index contributed by atoms with van der Waals surface area (Å²) in [6.45, 7) is 7.06. The van der Waals surface area contributed by atoms with Crippen molar-refractivity contribution in [3.8, 4) is 11.1 Å². The minimum atomic E-state index is -1.10. The summed E-state index contributed by atoms with van der Waals surface area (Å²) in [6, 6.07) is 9.42. The third-order valence-electron chi connectivity index (χ3n) is 3.51. The molecular formula is C20H20O5. The quantitative estimate of drug-likeness (QED) is 0.668. The van der Waals surface area contributed by atoms with E-state index in [1.165, 1.54) is 24.3 Å². The largest absolute Gasteiger partial charge is 0.478 e. The Morgan fingerprint density at radius 2 is 1.72 bits per heavy atom. The predicted octanol–water partition coefficient (Wildman–Crippen LogP) is 4.13. The summed E-state index contributed by atoms with van der Waals surface area (Å²) in [4.78, 5) is 35.3. The average molecular weight is 340 g/mol. The van der Waals surface area contributed by atoms with Crippen molar-refractivity contribution in [1.29, 1.82) is 0 Å². The van der Waals surface area contributed by atoms with E-state index in [4.69, 9.17) is 4.74 Å². The van der Waals surface area contributed by atoms with Crippen LogP contribution in [-0.4, -0.2) is 28.9 Å². The normalized spacial score (nSPS) is 11.0. The SMILES string of the molecule is Cc1ccc(-c2cc(C(=O)OC(C)(C)C)ccc2C=O)c(C(=O)O)c1. The first kappa shape index (κ1) is 18.4. The van der Waals surface area contributed by atoms with Crippen LogP contribution in [-0.2, 0) is 4.74 Å². The molecule has 0 fully saturated rings. The van der Waals surface area contributed by atoms with E-state index < -0.39 is 17.5 Å². The van der Waals surface area contributed by atoms with Crippen molar-refractivity contribution in [3.63, 3.8) is 0 Å². The number of aromatic carboxylic acids is 1. The molecule has 0 unspecified atom stereocenters. The fourth-order valence-corrected chi connectivity index (χ4v) is 2.43. The molecule has 0 aliphatic heterocycles. The number of carbonyl (C=O) groups is 3. The molecule has 5 nitrogen and oxygen atoms in total. The highest BCUT2D eigenvalue weighted by Gasteiger charge is 2.21. The number of hydrogen-bond donors (Lipinski definition) is 1. The topological polar surface area (TPSA) is 80.7 Å². The smallest absolute Gasteiger partial charge is 0.338 e. The zero-order valence-electron chi connectivity index (χ0n) is 14.6. The fraction of sp³-hybridized carbons (Fsp3) is 0.250. The van der Waals surface area contributed by atoms with Gasteiger partial charge in [-0.2, -0.15) is 0 Å². The predicted molar refractivity (Wildman–Crippen MR) is 94.1 cm³/mol. The fourth-order valence-electron chi connectivity index (χ4n) is 2.43. The van der Waals surface area contributed by atoms with Crippen molar-refractivity contribution in [2.45, 2.75) is 33.3 Å². The van der Waals surface area contributed by atoms with Gasteiger partial charge in [-0.3, -0.25) is 4.79 Å². The Kier molecular flexibility index (Phi) is 5.07. The summed E-state index contributed by atoms with van der Waals surface area (Å²) in [5, 5.41) is 9.47. The van der Waals surface area contributed by atoms with Crippen molar-refractivity contribution in [2.75, 3.05) is 0 Å². The Balaban J connectivity index is 2.61. The number of rotatable bonds is 4. The van der Waals surface area contributed by atoms with E-state index in [0.29, 0.717) is 23.0 Å². The van der Waals surface area contributed by atoms with E-state index in [9.17, 15) is 19.5 Å². The molecule has 2 aromatic rings. The Morgan fingerprint density at radius 1 is 1.04 bits per heavy atom. The van der Waals surface area contributed by atoms with Gasteiger partial charge in [-0.25, -0.2) is 9.59 Å². The maximum atomic E-state index is 12.3. The minimum Gasteiger partial charge on any atom is -0.478 e. The van der Waals surface area contributed by atoms with Crippen LogP contribution in [0.2, 0.25) is 0 Å². The van der Waals surface area contributed by atoms with Crippen LogP contribution in [0, 0.1) is 6.92 Å². The molecule has 0 bridgehead atoms. The van der Waals surface area contributed by atoms with Crippen LogP contribution in [0.1, 0.15) is 57.4 Å². The molecule has 0 spiro atoms. The zero-order valence-corrected chi connectivity index (χ0v) is 14.6. The van der Waals surface area contributed by atoms with E-state index in [2.05, 4.69) is 0 Å². The summed E-state index contributed by atoms with van der Waals surface area (Å²) in [5.74, 6) is -1.63. The first-order valence-electron chi connectivity index (χ1n) is 7.79. The second-order valence-corrected chi connectivity index (χ2v) is 6.78. The van der Waals surface area contributed by atoms with Gasteiger partial charge in [-0.15, -0.1) is 0 Å². The number of aryl methyl sites for hydroxylation is 1. The summed E-state index contributed by atoms with van der Waals surface area (Å²) in [6.07, 6.45) is 0.639. The van der Waals surface area contributed by atoms with E-state index in [0.717, 1.165) is 5.56 Å². The van der Waals surface area contributed by atoms with Crippen LogP contribution in [0.3, 0.4) is 0 Å². The number of esters is 1. The Hall–Kier alpha value is -2.95. The van der Waals surface area contributed by atoms with Crippen molar-refractivity contribution >= 4 is 18.2 Å². The lowest BCUT2D eigenvalue weighted by molar-refractivity contribution is 0.00692. The highest BCUT2D eigenvalue weighted by molar-refractivity contribution is 6.01. The minimum absolute atomic E-state index is 0.0736. The van der Waals surface area contributed by atoms with Crippen LogP contribution in [0.15, 0.2) is 36.4 Å². The number of hydrogen-bond acceptors (Lipinski definition) is 4. The molecule has 2 rings (SSSR count). The van der Waals surface area contributed by atoms with Gasteiger partial charge in [0.2, 0.25) is 0 Å². The Morgan fingerprint density at radius 3 is 2.28 bits per heavy atom. The third kappa shape index (κ3) is 4.32. The highest BCUT2D eigenvalue weighted by Crippen LogP contribution is 2.29. The lowest BCUT2D eigenvalue weighted by Crippen LogP contribution is -2.24. The maximum absolute atomic E-state index is 12.3. The van der Waals surface area contributed by atoms with E-state index in [1.54, 1.807) is 39.8 Å². The van der Waals surface area contributed by atoms with Crippen molar-refractivity contribution in [2.24, 2.45) is 0 Å². The molecule has 2 aromatic carbocycles. The molecule has 5 heteroatoms. The number of carboxylic acids is 1. The van der Waals surface area contributed by atoms with Gasteiger partial charge in [0.05, 0.1) is 11.1 Å². The number of carbonyl (C=O) groups excluding carboxylic acids is 2. The van der Waals surface area contributed by atoms with Gasteiger partial charge in [-0.05, 0) is 57.0 Å². The lowest BCUT2D eigenvalue weighted by atomic mass is 9.93. The lowest BCUT2D eigenvalue weighted by Gasteiger charge is -2.20. The summed E-state index contributed by atoms with van der Waals surface area (Å²) in [7, 11) is 0. The van der Waals surface area contributed by atoms with Gasteiger partial charge >= 0.3 is 11.9 Å². The van der Waals surface area contributed by atoms with Crippen molar-refractivity contribution in [1.82, 2.24) is 0 Å². The summed E-state index contributed by atoms with van der Waals surface area (Å²) < 4.78 is 5.34. The zero-order chi connectivity index (χ0) is 18.8. The molecule has 130 valence electrons. The molecule has 0 aromatic heterocycles. The molecule has 0 atom stereocenters. The highest BCUT2D eigenvalue weighted by atomic mass is 16.6. The van der Waals surface area contributed by atoms with Gasteiger partial charge in [0, 0.05) is 5.56 Å². The maximum Gasteiger partial charge on any atom is 0.338 e. The van der Waals surface area contributed by atoms with E-state index in [-0.39, 0.29) is 11.1 Å². The molecule has 1 N–H and O–H groups in total. The van der Waals surface area contributed by atoms with Gasteiger partial charge in [0.1, 0.15) is 5.60 Å². The van der Waals surface area contributed by atoms with Crippen LogP contribution in [0.4, 0.5) is 0 Å². The molecule has 25 heavy (non-hydrogen) atoms. The number of ether oxygens (including phenoxy) is 1. The Labute approximate surface area is 146 Å². The van der Waals surface area contributed by atoms with Gasteiger partial charge in [-0.1, -0.05) is 23.8 Å². The first-order chi connectivity index (χ1) is 11.6. The molecule has 0 radical (unpaired) electrons. The second kappa shape index (κ2) is 6.89. The molecule has 0 heterocycles.